The van der Waals surface area contributed by atoms with Gasteiger partial charge < -0.3 is 10.1 Å². The minimum atomic E-state index is -4.57. The fourth-order valence-corrected chi connectivity index (χ4v) is 1.43. The summed E-state index contributed by atoms with van der Waals surface area (Å²) in [5.74, 6) is 0. The molecular formula is C9H9F4N3O. The SMILES string of the molecule is FC1CNCC1Oc1nccc(C(F)(F)F)n1. The Hall–Kier alpha value is -1.44. The van der Waals surface area contributed by atoms with E-state index < -0.39 is 30.2 Å². The number of rotatable bonds is 2. The van der Waals surface area contributed by atoms with E-state index in [0.717, 1.165) is 12.3 Å². The van der Waals surface area contributed by atoms with Crippen molar-refractivity contribution in [1.82, 2.24) is 15.3 Å². The lowest BCUT2D eigenvalue weighted by molar-refractivity contribution is -0.141. The maximum Gasteiger partial charge on any atom is 0.433 e. The third-order valence-corrected chi connectivity index (χ3v) is 2.27. The highest BCUT2D eigenvalue weighted by Crippen LogP contribution is 2.28. The van der Waals surface area contributed by atoms with Crippen LogP contribution in [0.3, 0.4) is 0 Å². The number of halogens is 4. The first-order valence-electron chi connectivity index (χ1n) is 4.88. The smallest absolute Gasteiger partial charge is 0.433 e. The number of alkyl halides is 4. The van der Waals surface area contributed by atoms with Gasteiger partial charge in [-0.2, -0.15) is 18.2 Å². The van der Waals surface area contributed by atoms with Gasteiger partial charge in [0.25, 0.3) is 0 Å². The Balaban J connectivity index is 2.11. The number of ether oxygens (including phenoxy) is 1. The largest absolute Gasteiger partial charge is 0.456 e. The molecule has 8 heteroatoms. The van der Waals surface area contributed by atoms with Crippen LogP contribution in [0.4, 0.5) is 17.6 Å². The predicted molar refractivity (Wildman–Crippen MR) is 49.2 cm³/mol. The summed E-state index contributed by atoms with van der Waals surface area (Å²) in [7, 11) is 0. The van der Waals surface area contributed by atoms with Crippen molar-refractivity contribution in [1.29, 1.82) is 0 Å². The van der Waals surface area contributed by atoms with E-state index in [9.17, 15) is 17.6 Å². The molecule has 0 aliphatic carbocycles. The fraction of sp³-hybridized carbons (Fsp3) is 0.556. The van der Waals surface area contributed by atoms with Crippen molar-refractivity contribution in [2.75, 3.05) is 13.1 Å². The topological polar surface area (TPSA) is 47.0 Å². The summed E-state index contributed by atoms with van der Waals surface area (Å²) in [5.41, 5.74) is -1.11. The van der Waals surface area contributed by atoms with Crippen LogP contribution in [-0.4, -0.2) is 35.3 Å². The monoisotopic (exact) mass is 251 g/mol. The Morgan fingerprint density at radius 1 is 1.35 bits per heavy atom. The highest BCUT2D eigenvalue weighted by molar-refractivity contribution is 5.09. The molecule has 0 aromatic carbocycles. The van der Waals surface area contributed by atoms with Crippen molar-refractivity contribution in [3.63, 3.8) is 0 Å². The van der Waals surface area contributed by atoms with Gasteiger partial charge in [0, 0.05) is 19.3 Å². The molecule has 0 saturated carbocycles. The van der Waals surface area contributed by atoms with E-state index in [4.69, 9.17) is 4.74 Å². The van der Waals surface area contributed by atoms with Crippen molar-refractivity contribution in [3.8, 4) is 6.01 Å². The molecule has 1 saturated heterocycles. The van der Waals surface area contributed by atoms with Crippen LogP contribution in [0, 0.1) is 0 Å². The van der Waals surface area contributed by atoms with Crippen molar-refractivity contribution in [2.24, 2.45) is 0 Å². The molecule has 2 unspecified atom stereocenters. The van der Waals surface area contributed by atoms with Crippen molar-refractivity contribution in [3.05, 3.63) is 18.0 Å². The first kappa shape index (κ1) is 12.0. The molecule has 1 aliphatic heterocycles. The highest BCUT2D eigenvalue weighted by Gasteiger charge is 2.34. The van der Waals surface area contributed by atoms with Gasteiger partial charge in [0.2, 0.25) is 0 Å². The first-order valence-corrected chi connectivity index (χ1v) is 4.88. The van der Waals surface area contributed by atoms with E-state index in [-0.39, 0.29) is 13.1 Å². The predicted octanol–water partition coefficient (Wildman–Crippen LogP) is 1.18. The van der Waals surface area contributed by atoms with Gasteiger partial charge >= 0.3 is 12.2 Å². The van der Waals surface area contributed by atoms with Crippen LogP contribution in [0.5, 0.6) is 6.01 Å². The lowest BCUT2D eigenvalue weighted by atomic mass is 10.3. The Morgan fingerprint density at radius 2 is 2.12 bits per heavy atom. The zero-order valence-electron chi connectivity index (χ0n) is 8.54. The van der Waals surface area contributed by atoms with Crippen LogP contribution >= 0.6 is 0 Å². The molecule has 4 nitrogen and oxygen atoms in total. The van der Waals surface area contributed by atoms with Gasteiger partial charge in [-0.3, -0.25) is 0 Å². The molecule has 0 amide bonds. The maximum atomic E-state index is 13.1. The highest BCUT2D eigenvalue weighted by atomic mass is 19.4. The van der Waals surface area contributed by atoms with Crippen LogP contribution in [0.1, 0.15) is 5.69 Å². The number of aromatic nitrogens is 2. The summed E-state index contributed by atoms with van der Waals surface area (Å²) in [6.45, 7) is 0.338. The maximum absolute atomic E-state index is 13.1. The normalized spacial score (nSPS) is 24.9. The number of nitrogens with one attached hydrogen (secondary N) is 1. The van der Waals surface area contributed by atoms with E-state index in [1.165, 1.54) is 0 Å². The number of nitrogens with zero attached hydrogens (tertiary/aromatic N) is 2. The molecule has 94 valence electrons. The van der Waals surface area contributed by atoms with Crippen LogP contribution in [0.2, 0.25) is 0 Å². The summed E-state index contributed by atoms with van der Waals surface area (Å²) < 4.78 is 55.1. The quantitative estimate of drug-likeness (QED) is 0.802. The van der Waals surface area contributed by atoms with E-state index in [0.29, 0.717) is 0 Å². The molecule has 2 heterocycles. The van der Waals surface area contributed by atoms with Crippen LogP contribution in [0.25, 0.3) is 0 Å². The molecule has 1 aromatic rings. The standard InChI is InChI=1S/C9H9F4N3O/c10-5-3-14-4-6(5)17-8-15-2-1-7(16-8)9(11,12)13/h1-2,5-6,14H,3-4H2. The molecule has 0 bridgehead atoms. The second kappa shape index (κ2) is 4.44. The Bertz CT molecular complexity index is 398. The number of hydrogen-bond acceptors (Lipinski definition) is 4. The van der Waals surface area contributed by atoms with Gasteiger partial charge in [-0.15, -0.1) is 0 Å². The van der Waals surface area contributed by atoms with E-state index in [1.807, 2.05) is 0 Å². The van der Waals surface area contributed by atoms with Gasteiger partial charge in [0.15, 0.2) is 11.9 Å². The molecule has 1 aromatic heterocycles. The van der Waals surface area contributed by atoms with Crippen molar-refractivity contribution < 1.29 is 22.3 Å². The Labute approximate surface area is 94.0 Å². The molecule has 2 atom stereocenters. The lowest BCUT2D eigenvalue weighted by Gasteiger charge is -2.13. The Kier molecular flexibility index (Phi) is 3.14. The summed E-state index contributed by atoms with van der Waals surface area (Å²) in [6, 6.07) is 0.267. The first-order chi connectivity index (χ1) is 7.97. The molecule has 1 aliphatic rings. The molecule has 1 fully saturated rings. The number of hydrogen-bond donors (Lipinski definition) is 1. The minimum Gasteiger partial charge on any atom is -0.456 e. The van der Waals surface area contributed by atoms with Gasteiger partial charge in [-0.25, -0.2) is 9.37 Å². The van der Waals surface area contributed by atoms with Crippen LogP contribution in [0.15, 0.2) is 12.3 Å². The second-order valence-corrected chi connectivity index (χ2v) is 3.55. The fourth-order valence-electron chi connectivity index (χ4n) is 1.43. The molecule has 0 radical (unpaired) electrons. The third kappa shape index (κ3) is 2.82. The zero-order chi connectivity index (χ0) is 12.5. The minimum absolute atomic E-state index is 0.115. The van der Waals surface area contributed by atoms with E-state index >= 15 is 0 Å². The van der Waals surface area contributed by atoms with Crippen molar-refractivity contribution in [2.45, 2.75) is 18.5 Å². The lowest BCUT2D eigenvalue weighted by Crippen LogP contribution is -2.28. The summed E-state index contributed by atoms with van der Waals surface area (Å²) >= 11 is 0. The zero-order valence-corrected chi connectivity index (χ0v) is 8.54. The molecular weight excluding hydrogens is 242 g/mol. The summed E-state index contributed by atoms with van der Waals surface area (Å²) in [5, 5.41) is 2.71. The molecule has 2 rings (SSSR count). The van der Waals surface area contributed by atoms with Gasteiger partial charge in [-0.05, 0) is 6.07 Å². The summed E-state index contributed by atoms with van der Waals surface area (Å²) in [6.07, 6.45) is -5.75. The molecule has 17 heavy (non-hydrogen) atoms. The third-order valence-electron chi connectivity index (χ3n) is 2.27. The van der Waals surface area contributed by atoms with Gasteiger partial charge in [-0.1, -0.05) is 0 Å². The average Bonchev–Trinajstić information content (AvgIpc) is 2.64. The molecule has 1 N–H and O–H groups in total. The van der Waals surface area contributed by atoms with Crippen LogP contribution < -0.4 is 10.1 Å². The van der Waals surface area contributed by atoms with Gasteiger partial charge in [0.1, 0.15) is 6.10 Å². The van der Waals surface area contributed by atoms with Crippen molar-refractivity contribution >= 4 is 0 Å². The molecule has 0 spiro atoms. The summed E-state index contributed by atoms with van der Waals surface area (Å²) in [4.78, 5) is 6.71. The second-order valence-electron chi connectivity index (χ2n) is 3.55. The van der Waals surface area contributed by atoms with Gasteiger partial charge in [0.05, 0.1) is 0 Å². The Morgan fingerprint density at radius 3 is 2.71 bits per heavy atom. The van der Waals surface area contributed by atoms with Crippen LogP contribution in [-0.2, 0) is 6.18 Å². The average molecular weight is 251 g/mol. The van der Waals surface area contributed by atoms with E-state index in [1.54, 1.807) is 0 Å². The van der Waals surface area contributed by atoms with E-state index in [2.05, 4.69) is 15.3 Å².